The second kappa shape index (κ2) is 6.35. The molecule has 1 heterocycles. The molecule has 5 heteroatoms. The van der Waals surface area contributed by atoms with Crippen molar-refractivity contribution in [3.05, 3.63) is 23.8 Å². The van der Waals surface area contributed by atoms with Gasteiger partial charge in [0.05, 0.1) is 6.04 Å². The highest BCUT2D eigenvalue weighted by Gasteiger charge is 2.31. The maximum absolute atomic E-state index is 12.6. The zero-order valence-corrected chi connectivity index (χ0v) is 12.6. The molecule has 1 aliphatic rings. The maximum atomic E-state index is 12.6. The van der Waals surface area contributed by atoms with Gasteiger partial charge in [-0.15, -0.1) is 0 Å². The normalized spacial score (nSPS) is 23.9. The Kier molecular flexibility index (Phi) is 4.73. The van der Waals surface area contributed by atoms with E-state index in [1.807, 2.05) is 4.90 Å². The first kappa shape index (κ1) is 15.6. The van der Waals surface area contributed by atoms with E-state index in [9.17, 15) is 15.0 Å². The lowest BCUT2D eigenvalue weighted by Gasteiger charge is -2.40. The number of phenols is 2. The first-order valence-electron chi connectivity index (χ1n) is 7.48. The molecule has 1 fully saturated rings. The van der Waals surface area contributed by atoms with E-state index < -0.39 is 6.04 Å². The van der Waals surface area contributed by atoms with Crippen LogP contribution in [0.25, 0.3) is 0 Å². The monoisotopic (exact) mass is 292 g/mol. The molecule has 2 rings (SSSR count). The highest BCUT2D eigenvalue weighted by atomic mass is 16.3. The summed E-state index contributed by atoms with van der Waals surface area (Å²) in [6.07, 6.45) is 3.53. The summed E-state index contributed by atoms with van der Waals surface area (Å²) in [6.45, 7) is 4.12. The number of phenolic OH excluding ortho intramolecular Hbond substituents is 2. The van der Waals surface area contributed by atoms with Gasteiger partial charge in [0, 0.05) is 12.1 Å². The maximum Gasteiger partial charge on any atom is 0.240 e. The Morgan fingerprint density at radius 3 is 2.48 bits per heavy atom. The van der Waals surface area contributed by atoms with Crippen molar-refractivity contribution in [3.63, 3.8) is 0 Å². The van der Waals surface area contributed by atoms with Crippen molar-refractivity contribution >= 4 is 5.91 Å². The number of hydrogen-bond acceptors (Lipinski definition) is 4. The van der Waals surface area contributed by atoms with Gasteiger partial charge in [-0.2, -0.15) is 0 Å². The predicted octanol–water partition coefficient (Wildman–Crippen LogP) is 1.76. The number of carbonyl (C=O) groups excluding carboxylic acids is 1. The number of aromatic hydroxyl groups is 2. The molecule has 0 radical (unpaired) electrons. The average Bonchev–Trinajstić information content (AvgIpc) is 2.42. The zero-order chi connectivity index (χ0) is 15.6. The van der Waals surface area contributed by atoms with Crippen LogP contribution in [0.2, 0.25) is 0 Å². The van der Waals surface area contributed by atoms with E-state index >= 15 is 0 Å². The number of piperidine rings is 1. The summed E-state index contributed by atoms with van der Waals surface area (Å²) < 4.78 is 0. The number of nitrogens with zero attached hydrogens (tertiary/aromatic N) is 1. The van der Waals surface area contributed by atoms with Gasteiger partial charge in [0.2, 0.25) is 5.91 Å². The van der Waals surface area contributed by atoms with E-state index in [1.165, 1.54) is 12.1 Å². The van der Waals surface area contributed by atoms with Gasteiger partial charge >= 0.3 is 0 Å². The number of hydrogen-bond donors (Lipinski definition) is 3. The molecule has 4 N–H and O–H groups in total. The van der Waals surface area contributed by atoms with Gasteiger partial charge in [-0.3, -0.25) is 4.79 Å². The van der Waals surface area contributed by atoms with E-state index in [0.29, 0.717) is 6.42 Å². The molecule has 116 valence electrons. The molecular formula is C16H24N2O3. The van der Waals surface area contributed by atoms with Crippen LogP contribution in [0.3, 0.4) is 0 Å². The van der Waals surface area contributed by atoms with Gasteiger partial charge < -0.3 is 20.8 Å². The summed E-state index contributed by atoms with van der Waals surface area (Å²) in [5, 5.41) is 18.8. The van der Waals surface area contributed by atoms with Gasteiger partial charge in [-0.25, -0.2) is 0 Å². The molecule has 1 amide bonds. The van der Waals surface area contributed by atoms with Crippen molar-refractivity contribution in [2.75, 3.05) is 0 Å². The predicted molar refractivity (Wildman–Crippen MR) is 81.1 cm³/mol. The minimum Gasteiger partial charge on any atom is -0.504 e. The minimum absolute atomic E-state index is 0.0396. The van der Waals surface area contributed by atoms with Crippen molar-refractivity contribution in [3.8, 4) is 11.5 Å². The number of rotatable bonds is 3. The van der Waals surface area contributed by atoms with Crippen molar-refractivity contribution < 1.29 is 15.0 Å². The van der Waals surface area contributed by atoms with Crippen LogP contribution in [0.1, 0.15) is 38.7 Å². The third-order valence-electron chi connectivity index (χ3n) is 4.26. The molecule has 1 aromatic rings. The lowest BCUT2D eigenvalue weighted by Crippen LogP contribution is -2.54. The van der Waals surface area contributed by atoms with Crippen LogP contribution in [-0.2, 0) is 11.2 Å². The van der Waals surface area contributed by atoms with Crippen LogP contribution in [0, 0.1) is 0 Å². The molecule has 0 aromatic heterocycles. The SMILES string of the molecule is CC1CCCC(C)N1C(=O)[C@@H](N)Cc1ccc(O)c(O)c1. The van der Waals surface area contributed by atoms with Crippen LogP contribution in [0.5, 0.6) is 11.5 Å². The summed E-state index contributed by atoms with van der Waals surface area (Å²) in [7, 11) is 0. The van der Waals surface area contributed by atoms with Crippen molar-refractivity contribution in [2.45, 2.75) is 57.7 Å². The lowest BCUT2D eigenvalue weighted by atomic mass is 9.95. The zero-order valence-electron chi connectivity index (χ0n) is 12.6. The molecule has 1 aliphatic heterocycles. The Labute approximate surface area is 125 Å². The first-order chi connectivity index (χ1) is 9.90. The van der Waals surface area contributed by atoms with E-state index in [4.69, 9.17) is 5.73 Å². The lowest BCUT2D eigenvalue weighted by molar-refractivity contribution is -0.138. The van der Waals surface area contributed by atoms with E-state index in [1.54, 1.807) is 6.07 Å². The Morgan fingerprint density at radius 2 is 1.90 bits per heavy atom. The Morgan fingerprint density at radius 1 is 1.29 bits per heavy atom. The Bertz CT molecular complexity index is 508. The van der Waals surface area contributed by atoms with Crippen molar-refractivity contribution in [1.82, 2.24) is 4.90 Å². The molecule has 0 saturated carbocycles. The van der Waals surface area contributed by atoms with Gasteiger partial charge in [0.15, 0.2) is 11.5 Å². The molecule has 0 bridgehead atoms. The molecule has 0 spiro atoms. The van der Waals surface area contributed by atoms with Crippen LogP contribution in [0.4, 0.5) is 0 Å². The fourth-order valence-corrected chi connectivity index (χ4v) is 3.08. The smallest absolute Gasteiger partial charge is 0.240 e. The average molecular weight is 292 g/mol. The van der Waals surface area contributed by atoms with E-state index in [0.717, 1.165) is 24.8 Å². The number of nitrogens with two attached hydrogens (primary N) is 1. The largest absolute Gasteiger partial charge is 0.504 e. The van der Waals surface area contributed by atoms with Gasteiger partial charge in [-0.1, -0.05) is 6.07 Å². The van der Waals surface area contributed by atoms with Crippen molar-refractivity contribution in [2.24, 2.45) is 5.73 Å². The number of benzene rings is 1. The first-order valence-corrected chi connectivity index (χ1v) is 7.48. The highest BCUT2D eigenvalue weighted by Crippen LogP contribution is 2.26. The molecule has 1 aromatic carbocycles. The molecule has 5 nitrogen and oxygen atoms in total. The van der Waals surface area contributed by atoms with Crippen LogP contribution < -0.4 is 5.73 Å². The summed E-state index contributed by atoms with van der Waals surface area (Å²) in [4.78, 5) is 14.5. The fourth-order valence-electron chi connectivity index (χ4n) is 3.08. The molecule has 21 heavy (non-hydrogen) atoms. The summed E-state index contributed by atoms with van der Waals surface area (Å²) in [6, 6.07) is 4.35. The second-order valence-electron chi connectivity index (χ2n) is 6.01. The van der Waals surface area contributed by atoms with E-state index in [-0.39, 0.29) is 29.5 Å². The van der Waals surface area contributed by atoms with Gasteiger partial charge in [0.1, 0.15) is 0 Å². The minimum atomic E-state index is -0.628. The third-order valence-corrected chi connectivity index (χ3v) is 4.26. The molecule has 0 aliphatic carbocycles. The third kappa shape index (κ3) is 3.47. The van der Waals surface area contributed by atoms with Crippen LogP contribution in [0.15, 0.2) is 18.2 Å². The standard InChI is InChI=1S/C16H24N2O3/c1-10-4-3-5-11(2)18(10)16(21)13(17)8-12-6-7-14(19)15(20)9-12/h6-7,9-11,13,19-20H,3-5,8,17H2,1-2H3/t10?,11?,13-/m0/s1. The topological polar surface area (TPSA) is 86.8 Å². The Balaban J connectivity index is 2.06. The molecule has 2 unspecified atom stereocenters. The van der Waals surface area contributed by atoms with E-state index in [2.05, 4.69) is 13.8 Å². The highest BCUT2D eigenvalue weighted by molar-refractivity contribution is 5.82. The Hall–Kier alpha value is -1.75. The quantitative estimate of drug-likeness (QED) is 0.741. The van der Waals surface area contributed by atoms with Crippen LogP contribution in [-0.4, -0.2) is 39.1 Å². The van der Waals surface area contributed by atoms with Crippen molar-refractivity contribution in [1.29, 1.82) is 0 Å². The number of amides is 1. The fraction of sp³-hybridized carbons (Fsp3) is 0.562. The molecular weight excluding hydrogens is 268 g/mol. The molecule has 3 atom stereocenters. The summed E-state index contributed by atoms with van der Waals surface area (Å²) in [5.74, 6) is -0.397. The number of likely N-dealkylation sites (tertiary alicyclic amines) is 1. The summed E-state index contributed by atoms with van der Waals surface area (Å²) >= 11 is 0. The number of carbonyl (C=O) groups is 1. The molecule has 1 saturated heterocycles. The summed E-state index contributed by atoms with van der Waals surface area (Å²) in [5.41, 5.74) is 6.80. The van der Waals surface area contributed by atoms with Gasteiger partial charge in [0.25, 0.3) is 0 Å². The van der Waals surface area contributed by atoms with Gasteiger partial charge in [-0.05, 0) is 57.2 Å². The second-order valence-corrected chi connectivity index (χ2v) is 6.01. The van der Waals surface area contributed by atoms with Crippen LogP contribution >= 0.6 is 0 Å².